The summed E-state index contributed by atoms with van der Waals surface area (Å²) >= 11 is 5.83. The molecule has 0 fully saturated rings. The third-order valence-electron chi connectivity index (χ3n) is 4.77. The van der Waals surface area contributed by atoms with Gasteiger partial charge in [-0.15, -0.1) is 0 Å². The first-order chi connectivity index (χ1) is 16.0. The molecule has 0 saturated carbocycles. The SMILES string of the molecule is Cc1ccc(-c2nn(-c3ccccc3)cc2/C=N\NC(=O)C(=O)Nc2ccc(Cl)cc2)cc1. The van der Waals surface area contributed by atoms with Gasteiger partial charge in [-0.25, -0.2) is 10.1 Å². The van der Waals surface area contributed by atoms with Crippen LogP contribution in [-0.4, -0.2) is 27.8 Å². The highest BCUT2D eigenvalue weighted by molar-refractivity contribution is 6.39. The minimum Gasteiger partial charge on any atom is -0.318 e. The number of nitrogens with one attached hydrogen (secondary N) is 2. The average molecular weight is 458 g/mol. The van der Waals surface area contributed by atoms with Crippen LogP contribution in [0, 0.1) is 6.92 Å². The van der Waals surface area contributed by atoms with E-state index in [9.17, 15) is 9.59 Å². The second kappa shape index (κ2) is 9.93. The lowest BCUT2D eigenvalue weighted by atomic mass is 10.1. The number of carbonyl (C=O) groups is 2. The van der Waals surface area contributed by atoms with E-state index in [0.717, 1.165) is 16.8 Å². The van der Waals surface area contributed by atoms with E-state index in [0.29, 0.717) is 22.0 Å². The number of hydrazone groups is 1. The van der Waals surface area contributed by atoms with Crippen LogP contribution < -0.4 is 10.7 Å². The van der Waals surface area contributed by atoms with Gasteiger partial charge in [-0.2, -0.15) is 10.2 Å². The lowest BCUT2D eigenvalue weighted by Crippen LogP contribution is -2.32. The number of hydrogen-bond donors (Lipinski definition) is 2. The van der Waals surface area contributed by atoms with E-state index in [2.05, 4.69) is 15.8 Å². The van der Waals surface area contributed by atoms with Gasteiger partial charge in [0.15, 0.2) is 0 Å². The van der Waals surface area contributed by atoms with Crippen LogP contribution in [0.3, 0.4) is 0 Å². The molecule has 0 spiro atoms. The summed E-state index contributed by atoms with van der Waals surface area (Å²) < 4.78 is 1.74. The van der Waals surface area contributed by atoms with Gasteiger partial charge in [0.05, 0.1) is 11.9 Å². The van der Waals surface area contributed by atoms with E-state index in [1.165, 1.54) is 6.21 Å². The number of rotatable bonds is 5. The summed E-state index contributed by atoms with van der Waals surface area (Å²) in [4.78, 5) is 24.2. The van der Waals surface area contributed by atoms with E-state index in [4.69, 9.17) is 16.7 Å². The number of benzene rings is 3. The number of aromatic nitrogens is 2. The average Bonchev–Trinajstić information content (AvgIpc) is 3.25. The Morgan fingerprint density at radius 1 is 0.939 bits per heavy atom. The second-order valence-electron chi connectivity index (χ2n) is 7.24. The summed E-state index contributed by atoms with van der Waals surface area (Å²) in [5.74, 6) is -1.73. The number of para-hydroxylation sites is 1. The molecule has 4 rings (SSSR count). The largest absolute Gasteiger partial charge is 0.329 e. The van der Waals surface area contributed by atoms with Crippen LogP contribution in [0.5, 0.6) is 0 Å². The fourth-order valence-electron chi connectivity index (χ4n) is 3.06. The lowest BCUT2D eigenvalue weighted by molar-refractivity contribution is -0.136. The third kappa shape index (κ3) is 5.53. The fourth-order valence-corrected chi connectivity index (χ4v) is 3.19. The van der Waals surface area contributed by atoms with Gasteiger partial charge in [-0.05, 0) is 43.3 Å². The van der Waals surface area contributed by atoms with Crippen molar-refractivity contribution in [1.82, 2.24) is 15.2 Å². The summed E-state index contributed by atoms with van der Waals surface area (Å²) in [6.45, 7) is 2.01. The summed E-state index contributed by atoms with van der Waals surface area (Å²) in [5, 5.41) is 11.7. The minimum absolute atomic E-state index is 0.453. The molecule has 0 bridgehead atoms. The number of carbonyl (C=O) groups excluding carboxylic acids is 2. The molecule has 0 saturated heterocycles. The van der Waals surface area contributed by atoms with Crippen molar-refractivity contribution in [2.45, 2.75) is 6.92 Å². The topological polar surface area (TPSA) is 88.4 Å². The van der Waals surface area contributed by atoms with Crippen molar-refractivity contribution in [1.29, 1.82) is 0 Å². The lowest BCUT2D eigenvalue weighted by Gasteiger charge is -2.03. The number of halogens is 1. The number of amides is 2. The molecule has 0 aliphatic carbocycles. The Labute approximate surface area is 195 Å². The molecule has 2 N–H and O–H groups in total. The molecule has 0 unspecified atom stereocenters. The molecule has 0 aliphatic heterocycles. The van der Waals surface area contributed by atoms with E-state index >= 15 is 0 Å². The monoisotopic (exact) mass is 457 g/mol. The Balaban J connectivity index is 1.52. The molecule has 0 aliphatic rings. The van der Waals surface area contributed by atoms with Gasteiger partial charge >= 0.3 is 11.8 Å². The Bertz CT molecular complexity index is 1300. The highest BCUT2D eigenvalue weighted by Gasteiger charge is 2.14. The zero-order valence-electron chi connectivity index (χ0n) is 17.7. The van der Waals surface area contributed by atoms with Crippen molar-refractivity contribution in [2.24, 2.45) is 5.10 Å². The summed E-state index contributed by atoms with van der Waals surface area (Å²) in [7, 11) is 0. The normalized spacial score (nSPS) is 10.8. The quantitative estimate of drug-likeness (QED) is 0.261. The molecule has 0 atom stereocenters. The predicted molar refractivity (Wildman–Crippen MR) is 130 cm³/mol. The van der Waals surface area contributed by atoms with Crippen molar-refractivity contribution < 1.29 is 9.59 Å². The number of nitrogens with zero attached hydrogens (tertiary/aromatic N) is 3. The van der Waals surface area contributed by atoms with Gasteiger partial charge in [0, 0.05) is 28.0 Å². The minimum atomic E-state index is -0.895. The highest BCUT2D eigenvalue weighted by Crippen LogP contribution is 2.23. The van der Waals surface area contributed by atoms with Crippen molar-refractivity contribution in [2.75, 3.05) is 5.32 Å². The van der Waals surface area contributed by atoms with Crippen LogP contribution in [0.4, 0.5) is 5.69 Å². The summed E-state index contributed by atoms with van der Waals surface area (Å²) in [6, 6.07) is 24.0. The molecule has 33 heavy (non-hydrogen) atoms. The van der Waals surface area contributed by atoms with Crippen LogP contribution in [0.15, 0.2) is 90.2 Å². The van der Waals surface area contributed by atoms with Crippen LogP contribution in [0.25, 0.3) is 16.9 Å². The zero-order chi connectivity index (χ0) is 23.2. The first-order valence-electron chi connectivity index (χ1n) is 10.1. The number of anilines is 1. The molecule has 7 nitrogen and oxygen atoms in total. The van der Waals surface area contributed by atoms with Crippen LogP contribution >= 0.6 is 11.6 Å². The van der Waals surface area contributed by atoms with Crippen molar-refractivity contribution in [3.8, 4) is 16.9 Å². The molecule has 164 valence electrons. The van der Waals surface area contributed by atoms with Crippen LogP contribution in [0.2, 0.25) is 5.02 Å². The van der Waals surface area contributed by atoms with Crippen molar-refractivity contribution in [3.63, 3.8) is 0 Å². The summed E-state index contributed by atoms with van der Waals surface area (Å²) in [5.41, 5.74) is 7.01. The first-order valence-corrected chi connectivity index (χ1v) is 10.5. The Kier molecular flexibility index (Phi) is 6.61. The first kappa shape index (κ1) is 22.0. The second-order valence-corrected chi connectivity index (χ2v) is 7.68. The molecule has 3 aromatic carbocycles. The smallest absolute Gasteiger partial charge is 0.318 e. The number of aryl methyl sites for hydroxylation is 1. The Hall–Kier alpha value is -4.23. The molecule has 1 heterocycles. The Morgan fingerprint density at radius 2 is 1.64 bits per heavy atom. The maximum absolute atomic E-state index is 12.1. The molecule has 2 amide bonds. The predicted octanol–water partition coefficient (Wildman–Crippen LogP) is 4.59. The third-order valence-corrected chi connectivity index (χ3v) is 5.02. The molecule has 1 aromatic heterocycles. The maximum Gasteiger partial charge on any atom is 0.329 e. The molecule has 8 heteroatoms. The van der Waals surface area contributed by atoms with E-state index in [-0.39, 0.29) is 0 Å². The molecule has 4 aromatic rings. The van der Waals surface area contributed by atoms with Gasteiger partial charge in [-0.1, -0.05) is 59.6 Å². The van der Waals surface area contributed by atoms with Gasteiger partial charge in [0.25, 0.3) is 0 Å². The molecular formula is C25H20ClN5O2. The highest BCUT2D eigenvalue weighted by atomic mass is 35.5. The Morgan fingerprint density at radius 3 is 2.33 bits per heavy atom. The standard InChI is InChI=1S/C25H20ClN5O2/c1-17-7-9-18(10-8-17)23-19(16-31(30-23)22-5-3-2-4-6-22)15-27-29-25(33)24(32)28-21-13-11-20(26)12-14-21/h2-16H,1H3,(H,28,32)(H,29,33)/b27-15-. The van der Waals surface area contributed by atoms with Gasteiger partial charge in [0.1, 0.15) is 5.69 Å². The van der Waals surface area contributed by atoms with E-state index < -0.39 is 11.8 Å². The van der Waals surface area contributed by atoms with Crippen LogP contribution in [0.1, 0.15) is 11.1 Å². The van der Waals surface area contributed by atoms with E-state index in [1.54, 1.807) is 28.9 Å². The van der Waals surface area contributed by atoms with Gasteiger partial charge in [-0.3, -0.25) is 9.59 Å². The fraction of sp³-hybridized carbons (Fsp3) is 0.0400. The molecular weight excluding hydrogens is 438 g/mol. The van der Waals surface area contributed by atoms with Gasteiger partial charge < -0.3 is 5.32 Å². The number of hydrogen-bond acceptors (Lipinski definition) is 4. The van der Waals surface area contributed by atoms with Crippen molar-refractivity contribution in [3.05, 3.63) is 101 Å². The molecule has 0 radical (unpaired) electrons. The maximum atomic E-state index is 12.1. The van der Waals surface area contributed by atoms with Crippen molar-refractivity contribution >= 4 is 35.3 Å². The van der Waals surface area contributed by atoms with Crippen LogP contribution in [-0.2, 0) is 9.59 Å². The van der Waals surface area contributed by atoms with E-state index in [1.807, 2.05) is 67.7 Å². The van der Waals surface area contributed by atoms with Gasteiger partial charge in [0.2, 0.25) is 0 Å². The zero-order valence-corrected chi connectivity index (χ0v) is 18.5. The summed E-state index contributed by atoms with van der Waals surface area (Å²) in [6.07, 6.45) is 3.28.